The van der Waals surface area contributed by atoms with Gasteiger partial charge in [-0.1, -0.05) is 45.1 Å². The van der Waals surface area contributed by atoms with E-state index >= 15 is 0 Å². The van der Waals surface area contributed by atoms with Crippen LogP contribution in [0.4, 0.5) is 0 Å². The lowest BCUT2D eigenvalue weighted by Crippen LogP contribution is -2.40. The molecule has 0 spiro atoms. The Hall–Kier alpha value is -1.84. The highest BCUT2D eigenvalue weighted by atomic mass is 16.5. The summed E-state index contributed by atoms with van der Waals surface area (Å²) < 4.78 is 11.4. The summed E-state index contributed by atoms with van der Waals surface area (Å²) in [6.07, 6.45) is 15.4. The van der Waals surface area contributed by atoms with Gasteiger partial charge < -0.3 is 9.47 Å². The Balaban J connectivity index is 1.71. The number of hydrogen-bond acceptors (Lipinski definition) is 4. The smallest absolute Gasteiger partial charge is 0.330 e. The van der Waals surface area contributed by atoms with Gasteiger partial charge in [0, 0.05) is 18.4 Å². The molecule has 0 amide bonds. The van der Waals surface area contributed by atoms with Crippen LogP contribution in [-0.4, -0.2) is 24.1 Å². The highest BCUT2D eigenvalue weighted by Crippen LogP contribution is 2.44. The number of hydrogen-bond donors (Lipinski definition) is 0. The van der Waals surface area contributed by atoms with Crippen LogP contribution in [0.1, 0.15) is 59.3 Å². The molecule has 1 aliphatic heterocycles. The second-order valence-electron chi connectivity index (χ2n) is 8.25. The summed E-state index contributed by atoms with van der Waals surface area (Å²) in [6.45, 7) is 6.20. The van der Waals surface area contributed by atoms with E-state index in [9.17, 15) is 9.59 Å². The van der Waals surface area contributed by atoms with Crippen LogP contribution in [0.15, 0.2) is 36.0 Å². The molecule has 0 fully saturated rings. The molecule has 0 saturated carbocycles. The number of rotatable bonds is 6. The molecule has 0 N–H and O–H groups in total. The molecule has 6 atom stereocenters. The summed E-state index contributed by atoms with van der Waals surface area (Å²) >= 11 is 0. The minimum Gasteiger partial charge on any atom is -0.461 e. The lowest BCUT2D eigenvalue weighted by Gasteiger charge is -2.42. The average Bonchev–Trinajstić information content (AvgIpc) is 2.67. The number of esters is 2. The van der Waals surface area contributed by atoms with Crippen molar-refractivity contribution < 1.29 is 19.1 Å². The largest absolute Gasteiger partial charge is 0.461 e. The highest BCUT2D eigenvalue weighted by Gasteiger charge is 2.40. The van der Waals surface area contributed by atoms with Crippen molar-refractivity contribution in [3.8, 4) is 0 Å². The third-order valence-corrected chi connectivity index (χ3v) is 6.39. The first-order valence-corrected chi connectivity index (χ1v) is 10.5. The van der Waals surface area contributed by atoms with E-state index in [2.05, 4.69) is 25.2 Å². The number of carbonyl (C=O) groups is 2. The maximum Gasteiger partial charge on any atom is 0.330 e. The molecular formula is C23H32O4. The van der Waals surface area contributed by atoms with E-state index in [0.717, 1.165) is 38.5 Å². The van der Waals surface area contributed by atoms with Crippen LogP contribution < -0.4 is 0 Å². The van der Waals surface area contributed by atoms with Crippen molar-refractivity contribution in [1.82, 2.24) is 0 Å². The molecule has 2 aliphatic carbocycles. The number of ether oxygens (including phenoxy) is 2. The molecule has 0 saturated heterocycles. The molecule has 0 unspecified atom stereocenters. The Morgan fingerprint density at radius 1 is 1.33 bits per heavy atom. The lowest BCUT2D eigenvalue weighted by molar-refractivity contribution is -0.158. The fourth-order valence-corrected chi connectivity index (χ4v) is 4.51. The maximum absolute atomic E-state index is 12.4. The van der Waals surface area contributed by atoms with E-state index in [-0.39, 0.29) is 36.0 Å². The number of cyclic esters (lactones) is 1. The molecule has 27 heavy (non-hydrogen) atoms. The lowest BCUT2D eigenvalue weighted by atomic mass is 9.66. The van der Waals surface area contributed by atoms with Crippen LogP contribution in [0.25, 0.3) is 0 Å². The van der Waals surface area contributed by atoms with Gasteiger partial charge in [-0.25, -0.2) is 4.79 Å². The number of allylic oxidation sites excluding steroid dienone is 3. The number of fused-ring (bicyclic) bond motifs is 1. The molecule has 0 bridgehead atoms. The summed E-state index contributed by atoms with van der Waals surface area (Å²) in [7, 11) is 0. The molecule has 148 valence electrons. The van der Waals surface area contributed by atoms with E-state index < -0.39 is 0 Å². The molecule has 0 aromatic heterocycles. The molecule has 0 aromatic carbocycles. The van der Waals surface area contributed by atoms with Gasteiger partial charge in [-0.15, -0.1) is 0 Å². The van der Waals surface area contributed by atoms with Crippen molar-refractivity contribution in [3.05, 3.63) is 36.0 Å². The van der Waals surface area contributed by atoms with Crippen molar-refractivity contribution in [3.63, 3.8) is 0 Å². The van der Waals surface area contributed by atoms with Crippen LogP contribution in [0, 0.1) is 23.7 Å². The standard InChI is InChI=1S/C23H32O4/c1-4-15(2)23(25)27-20-9-5-7-17-12-11-16(3)19(22(17)20)14-13-18-8-6-10-21(24)26-18/h6-7,10-12,15-16,18-20,22H,4-5,8-9,13-14H2,1-3H3/t15-,16-,18-,19-,20-,22-/m0/s1. The van der Waals surface area contributed by atoms with Crippen molar-refractivity contribution in [2.24, 2.45) is 23.7 Å². The maximum atomic E-state index is 12.4. The normalized spacial score (nSPS) is 33.7. The van der Waals surface area contributed by atoms with Gasteiger partial charge in [0.1, 0.15) is 12.2 Å². The molecule has 4 heteroatoms. The molecule has 1 heterocycles. The van der Waals surface area contributed by atoms with Crippen molar-refractivity contribution in [2.75, 3.05) is 0 Å². The predicted octanol–water partition coefficient (Wildman–Crippen LogP) is 4.75. The van der Waals surface area contributed by atoms with Gasteiger partial charge in [0.15, 0.2) is 0 Å². The summed E-state index contributed by atoms with van der Waals surface area (Å²) in [4.78, 5) is 23.9. The Morgan fingerprint density at radius 3 is 2.89 bits per heavy atom. The van der Waals surface area contributed by atoms with Gasteiger partial charge in [-0.2, -0.15) is 0 Å². The van der Waals surface area contributed by atoms with Crippen molar-refractivity contribution >= 4 is 11.9 Å². The van der Waals surface area contributed by atoms with Crippen LogP contribution in [0.3, 0.4) is 0 Å². The van der Waals surface area contributed by atoms with Gasteiger partial charge in [0.05, 0.1) is 5.92 Å². The molecule has 0 aromatic rings. The molecule has 0 radical (unpaired) electrons. The topological polar surface area (TPSA) is 52.6 Å². The highest BCUT2D eigenvalue weighted by molar-refractivity contribution is 5.82. The fourth-order valence-electron chi connectivity index (χ4n) is 4.51. The van der Waals surface area contributed by atoms with E-state index in [0.29, 0.717) is 11.8 Å². The zero-order valence-corrected chi connectivity index (χ0v) is 16.7. The summed E-state index contributed by atoms with van der Waals surface area (Å²) in [5.41, 5.74) is 1.31. The van der Waals surface area contributed by atoms with E-state index in [4.69, 9.17) is 9.47 Å². The Bertz CT molecular complexity index is 645. The van der Waals surface area contributed by atoms with Gasteiger partial charge in [0.25, 0.3) is 0 Å². The monoisotopic (exact) mass is 372 g/mol. The van der Waals surface area contributed by atoms with E-state index in [1.54, 1.807) is 0 Å². The summed E-state index contributed by atoms with van der Waals surface area (Å²) in [6, 6.07) is 0. The first-order valence-electron chi connectivity index (χ1n) is 10.5. The van der Waals surface area contributed by atoms with Gasteiger partial charge in [-0.3, -0.25) is 4.79 Å². The van der Waals surface area contributed by atoms with E-state index in [1.165, 1.54) is 11.6 Å². The van der Waals surface area contributed by atoms with Crippen LogP contribution in [0.2, 0.25) is 0 Å². The summed E-state index contributed by atoms with van der Waals surface area (Å²) in [5, 5.41) is 0. The SMILES string of the molecule is CC[C@H](C)C(=O)O[C@H]1CCC=C2C=C[C@H](C)[C@H](CC[C@@H]3CC=CC(=O)O3)[C@H]21. The average molecular weight is 373 g/mol. The van der Waals surface area contributed by atoms with Crippen LogP contribution >= 0.6 is 0 Å². The molecule has 3 rings (SSSR count). The molecule has 3 aliphatic rings. The second kappa shape index (κ2) is 8.90. The molecule has 4 nitrogen and oxygen atoms in total. The summed E-state index contributed by atoms with van der Waals surface area (Å²) in [5.74, 6) is 0.715. The fraction of sp³-hybridized carbons (Fsp3) is 0.652. The first-order chi connectivity index (χ1) is 13.0. The minimum atomic E-state index is -0.235. The van der Waals surface area contributed by atoms with E-state index in [1.807, 2.05) is 19.9 Å². The third kappa shape index (κ3) is 4.72. The van der Waals surface area contributed by atoms with Crippen LogP contribution in [-0.2, 0) is 19.1 Å². The zero-order valence-electron chi connectivity index (χ0n) is 16.7. The van der Waals surface area contributed by atoms with Crippen molar-refractivity contribution in [2.45, 2.75) is 71.5 Å². The second-order valence-corrected chi connectivity index (χ2v) is 8.25. The Morgan fingerprint density at radius 2 is 2.15 bits per heavy atom. The quantitative estimate of drug-likeness (QED) is 0.631. The minimum absolute atomic E-state index is 0.0299. The molecular weight excluding hydrogens is 340 g/mol. The Kier molecular flexibility index (Phi) is 6.56. The predicted molar refractivity (Wildman–Crippen MR) is 105 cm³/mol. The van der Waals surface area contributed by atoms with Gasteiger partial charge in [-0.05, 0) is 49.5 Å². The first kappa shape index (κ1) is 19.9. The Labute approximate surface area is 162 Å². The van der Waals surface area contributed by atoms with Gasteiger partial charge >= 0.3 is 11.9 Å². The van der Waals surface area contributed by atoms with Crippen LogP contribution in [0.5, 0.6) is 0 Å². The van der Waals surface area contributed by atoms with Crippen molar-refractivity contribution in [1.29, 1.82) is 0 Å². The third-order valence-electron chi connectivity index (χ3n) is 6.39. The van der Waals surface area contributed by atoms with Gasteiger partial charge in [0.2, 0.25) is 0 Å². The zero-order chi connectivity index (χ0) is 19.4. The number of carbonyl (C=O) groups excluding carboxylic acids is 2.